The average Bonchev–Trinajstić information content (AvgIpc) is 2.52. The molecule has 4 heteroatoms. The quantitative estimate of drug-likeness (QED) is 0.603. The fraction of sp³-hybridized carbons (Fsp3) is 0.0588. The molecule has 0 N–H and O–H groups in total. The van der Waals surface area contributed by atoms with Gasteiger partial charge in [-0.05, 0) is 42.5 Å². The molecule has 0 radical (unpaired) electrons. The largest absolute Gasteiger partial charge is 0.478 e. The minimum atomic E-state index is -0.0856. The van der Waals surface area contributed by atoms with Crippen LogP contribution in [0.15, 0.2) is 59.1 Å². The third-order valence-electron chi connectivity index (χ3n) is 2.75. The van der Waals surface area contributed by atoms with Gasteiger partial charge in [0.25, 0.3) is 0 Å². The summed E-state index contributed by atoms with van der Waals surface area (Å²) in [5, 5.41) is 8.56. The molecule has 0 atom stereocenters. The zero-order valence-electron chi connectivity index (χ0n) is 11.1. The maximum Gasteiger partial charge on any atom is 0.185 e. The Balaban J connectivity index is 2.15. The van der Waals surface area contributed by atoms with Gasteiger partial charge in [0, 0.05) is 15.6 Å². The van der Waals surface area contributed by atoms with Crippen molar-refractivity contribution in [2.24, 2.45) is 0 Å². The topological polar surface area (TPSA) is 50.1 Å². The lowest BCUT2D eigenvalue weighted by molar-refractivity contribution is 0.104. The summed E-state index contributed by atoms with van der Waals surface area (Å²) in [4.78, 5) is 12.1. The monoisotopic (exact) mass is 341 g/mol. The van der Waals surface area contributed by atoms with E-state index in [0.717, 1.165) is 10.0 Å². The smallest absolute Gasteiger partial charge is 0.185 e. The zero-order chi connectivity index (χ0) is 15.1. The standard InChI is InChI=1S/C17H12BrNO2/c18-15-8-5-13(6-9-15)16(20)10-7-14-3-1-2-4-17(14)21-12-11-19/h1-10H,12H2/b10-7+. The van der Waals surface area contributed by atoms with Crippen molar-refractivity contribution in [2.75, 3.05) is 6.61 Å². The summed E-state index contributed by atoms with van der Waals surface area (Å²) in [7, 11) is 0. The molecule has 104 valence electrons. The predicted molar refractivity (Wildman–Crippen MR) is 85.1 cm³/mol. The van der Waals surface area contributed by atoms with Crippen molar-refractivity contribution < 1.29 is 9.53 Å². The molecule has 0 aliphatic carbocycles. The normalized spacial score (nSPS) is 10.3. The summed E-state index contributed by atoms with van der Waals surface area (Å²) in [6, 6.07) is 16.4. The Morgan fingerprint density at radius 2 is 1.90 bits per heavy atom. The molecule has 0 unspecified atom stereocenters. The van der Waals surface area contributed by atoms with Crippen LogP contribution in [0, 0.1) is 11.3 Å². The van der Waals surface area contributed by atoms with E-state index in [0.29, 0.717) is 11.3 Å². The third-order valence-corrected chi connectivity index (χ3v) is 3.28. The van der Waals surface area contributed by atoms with Gasteiger partial charge in [-0.2, -0.15) is 5.26 Å². The molecule has 0 fully saturated rings. The average molecular weight is 342 g/mol. The van der Waals surface area contributed by atoms with Gasteiger partial charge in [-0.1, -0.05) is 34.1 Å². The van der Waals surface area contributed by atoms with E-state index in [-0.39, 0.29) is 12.4 Å². The third kappa shape index (κ3) is 4.30. The maximum absolute atomic E-state index is 12.1. The number of halogens is 1. The predicted octanol–water partition coefficient (Wildman–Crippen LogP) is 4.25. The van der Waals surface area contributed by atoms with Gasteiger partial charge in [0.1, 0.15) is 11.8 Å². The Morgan fingerprint density at radius 3 is 2.62 bits per heavy atom. The van der Waals surface area contributed by atoms with Crippen molar-refractivity contribution in [2.45, 2.75) is 0 Å². The number of para-hydroxylation sites is 1. The number of allylic oxidation sites excluding steroid dienone is 1. The van der Waals surface area contributed by atoms with E-state index in [2.05, 4.69) is 15.9 Å². The first kappa shape index (κ1) is 15.0. The first-order valence-electron chi connectivity index (χ1n) is 6.27. The summed E-state index contributed by atoms with van der Waals surface area (Å²) in [6.45, 7) is -0.0223. The molecular weight excluding hydrogens is 330 g/mol. The number of carbonyl (C=O) groups excluding carboxylic acids is 1. The van der Waals surface area contributed by atoms with Gasteiger partial charge < -0.3 is 4.74 Å². The van der Waals surface area contributed by atoms with Crippen molar-refractivity contribution in [3.63, 3.8) is 0 Å². The zero-order valence-corrected chi connectivity index (χ0v) is 12.7. The Labute approximate surface area is 131 Å². The highest BCUT2D eigenvalue weighted by molar-refractivity contribution is 9.10. The van der Waals surface area contributed by atoms with Crippen LogP contribution in [0.25, 0.3) is 6.08 Å². The van der Waals surface area contributed by atoms with Gasteiger partial charge >= 0.3 is 0 Å². The molecular formula is C17H12BrNO2. The fourth-order valence-corrected chi connectivity index (χ4v) is 2.00. The lowest BCUT2D eigenvalue weighted by Gasteiger charge is -2.05. The molecule has 0 saturated carbocycles. The van der Waals surface area contributed by atoms with Crippen LogP contribution in [0.1, 0.15) is 15.9 Å². The number of nitrogens with zero attached hydrogens (tertiary/aromatic N) is 1. The lowest BCUT2D eigenvalue weighted by atomic mass is 10.1. The van der Waals surface area contributed by atoms with Crippen molar-refractivity contribution >= 4 is 27.8 Å². The van der Waals surface area contributed by atoms with Gasteiger partial charge in [-0.15, -0.1) is 0 Å². The number of ketones is 1. The van der Waals surface area contributed by atoms with E-state index in [4.69, 9.17) is 10.00 Å². The molecule has 0 bridgehead atoms. The molecule has 2 rings (SSSR count). The minimum absolute atomic E-state index is 0.0223. The van der Waals surface area contributed by atoms with Crippen LogP contribution in [-0.4, -0.2) is 12.4 Å². The van der Waals surface area contributed by atoms with E-state index in [1.165, 1.54) is 6.08 Å². The molecule has 0 amide bonds. The molecule has 2 aromatic carbocycles. The van der Waals surface area contributed by atoms with E-state index < -0.39 is 0 Å². The van der Waals surface area contributed by atoms with E-state index in [1.54, 1.807) is 24.3 Å². The van der Waals surface area contributed by atoms with Crippen LogP contribution in [0.2, 0.25) is 0 Å². The summed E-state index contributed by atoms with van der Waals surface area (Å²) in [5.41, 5.74) is 1.38. The molecule has 0 aliphatic heterocycles. The summed E-state index contributed by atoms with van der Waals surface area (Å²) >= 11 is 3.33. The van der Waals surface area contributed by atoms with Crippen molar-refractivity contribution in [3.8, 4) is 11.8 Å². The summed E-state index contributed by atoms with van der Waals surface area (Å²) < 4.78 is 6.24. The minimum Gasteiger partial charge on any atom is -0.478 e. The van der Waals surface area contributed by atoms with Gasteiger partial charge in [0.2, 0.25) is 0 Å². The number of rotatable bonds is 5. The van der Waals surface area contributed by atoms with Crippen LogP contribution in [-0.2, 0) is 0 Å². The second kappa shape index (κ2) is 7.41. The maximum atomic E-state index is 12.1. The highest BCUT2D eigenvalue weighted by Gasteiger charge is 2.03. The molecule has 0 saturated heterocycles. The van der Waals surface area contributed by atoms with Crippen LogP contribution in [0.3, 0.4) is 0 Å². The van der Waals surface area contributed by atoms with Crippen LogP contribution < -0.4 is 4.74 Å². The number of nitriles is 1. The van der Waals surface area contributed by atoms with Gasteiger partial charge in [0.15, 0.2) is 12.4 Å². The second-order valence-electron chi connectivity index (χ2n) is 4.19. The first-order chi connectivity index (χ1) is 10.2. The molecule has 0 aliphatic rings. The Morgan fingerprint density at radius 1 is 1.19 bits per heavy atom. The molecule has 2 aromatic rings. The number of carbonyl (C=O) groups is 1. The summed E-state index contributed by atoms with van der Waals surface area (Å²) in [6.07, 6.45) is 3.19. The Kier molecular flexibility index (Phi) is 5.30. The van der Waals surface area contributed by atoms with Crippen molar-refractivity contribution in [1.82, 2.24) is 0 Å². The van der Waals surface area contributed by atoms with Gasteiger partial charge in [0.05, 0.1) is 0 Å². The van der Waals surface area contributed by atoms with Gasteiger partial charge in [-0.25, -0.2) is 0 Å². The van der Waals surface area contributed by atoms with E-state index in [9.17, 15) is 4.79 Å². The number of hydrogen-bond acceptors (Lipinski definition) is 3. The SMILES string of the molecule is N#CCOc1ccccc1/C=C/C(=O)c1ccc(Br)cc1. The molecule has 3 nitrogen and oxygen atoms in total. The lowest BCUT2D eigenvalue weighted by Crippen LogP contribution is -1.96. The molecule has 21 heavy (non-hydrogen) atoms. The highest BCUT2D eigenvalue weighted by atomic mass is 79.9. The summed E-state index contributed by atoms with van der Waals surface area (Å²) in [5.74, 6) is 0.497. The van der Waals surface area contributed by atoms with Crippen molar-refractivity contribution in [3.05, 3.63) is 70.2 Å². The molecule has 0 aromatic heterocycles. The number of hydrogen-bond donors (Lipinski definition) is 0. The second-order valence-corrected chi connectivity index (χ2v) is 5.10. The number of ether oxygens (including phenoxy) is 1. The van der Waals surface area contributed by atoms with E-state index in [1.807, 2.05) is 36.4 Å². The van der Waals surface area contributed by atoms with Crippen LogP contribution in [0.4, 0.5) is 0 Å². The van der Waals surface area contributed by atoms with Gasteiger partial charge in [-0.3, -0.25) is 4.79 Å². The fourth-order valence-electron chi connectivity index (χ4n) is 1.74. The van der Waals surface area contributed by atoms with E-state index >= 15 is 0 Å². The first-order valence-corrected chi connectivity index (χ1v) is 7.07. The van der Waals surface area contributed by atoms with Crippen LogP contribution >= 0.6 is 15.9 Å². The Hall–Kier alpha value is -2.38. The molecule has 0 heterocycles. The van der Waals surface area contributed by atoms with Crippen LogP contribution in [0.5, 0.6) is 5.75 Å². The van der Waals surface area contributed by atoms with Crippen molar-refractivity contribution in [1.29, 1.82) is 5.26 Å². The highest BCUT2D eigenvalue weighted by Crippen LogP contribution is 2.20. The number of benzene rings is 2. The molecule has 0 spiro atoms. The Bertz CT molecular complexity index is 699.